The largest absolute Gasteiger partial charge is 0.496 e. The summed E-state index contributed by atoms with van der Waals surface area (Å²) in [6, 6.07) is 16.6. The lowest BCUT2D eigenvalue weighted by Crippen LogP contribution is -2.27. The highest BCUT2D eigenvalue weighted by Crippen LogP contribution is 2.51. The van der Waals surface area contributed by atoms with Gasteiger partial charge in [-0.25, -0.2) is 0 Å². The Kier molecular flexibility index (Phi) is 6.19. The summed E-state index contributed by atoms with van der Waals surface area (Å²) in [5, 5.41) is 1.10. The van der Waals surface area contributed by atoms with Crippen molar-refractivity contribution in [2.24, 2.45) is 0 Å². The van der Waals surface area contributed by atoms with Gasteiger partial charge in [-0.05, 0) is 63.1 Å². The van der Waals surface area contributed by atoms with Crippen molar-refractivity contribution in [2.45, 2.75) is 27.7 Å². The molecule has 30 heavy (non-hydrogen) atoms. The van der Waals surface area contributed by atoms with Gasteiger partial charge < -0.3 is 14.0 Å². The number of hydrogen-bond donors (Lipinski definition) is 0. The van der Waals surface area contributed by atoms with Gasteiger partial charge in [0.1, 0.15) is 17.1 Å². The van der Waals surface area contributed by atoms with Gasteiger partial charge in [-0.3, -0.25) is 4.79 Å². The molecule has 3 rings (SSSR count). The zero-order chi connectivity index (χ0) is 22.1. The molecule has 0 aliphatic carbocycles. The summed E-state index contributed by atoms with van der Waals surface area (Å²) in [7, 11) is -0.761. The quantitative estimate of drug-likeness (QED) is 0.519. The van der Waals surface area contributed by atoms with Gasteiger partial charge in [-0.1, -0.05) is 41.5 Å². The molecule has 5 heteroatoms. The van der Waals surface area contributed by atoms with Crippen LogP contribution in [0.2, 0.25) is 0 Å². The molecule has 0 aliphatic rings. The molecule has 0 saturated heterocycles. The maximum absolute atomic E-state index is 14.9. The Hall–Kier alpha value is -2.84. The number of carbonyl (C=O) groups excluding carboxylic acids is 1. The first-order valence-corrected chi connectivity index (χ1v) is 11.5. The van der Waals surface area contributed by atoms with Crippen LogP contribution >= 0.6 is 7.14 Å². The second kappa shape index (κ2) is 8.49. The Labute approximate surface area is 178 Å². The Balaban J connectivity index is 2.43. The summed E-state index contributed by atoms with van der Waals surface area (Å²) in [4.78, 5) is 14.1. The highest BCUT2D eigenvalue weighted by molar-refractivity contribution is 7.93. The van der Waals surface area contributed by atoms with Gasteiger partial charge in [-0.15, -0.1) is 0 Å². The van der Waals surface area contributed by atoms with E-state index in [0.717, 1.165) is 22.3 Å². The van der Waals surface area contributed by atoms with Gasteiger partial charge >= 0.3 is 0 Å². The van der Waals surface area contributed by atoms with Crippen molar-refractivity contribution in [1.29, 1.82) is 0 Å². The predicted molar refractivity (Wildman–Crippen MR) is 123 cm³/mol. The lowest BCUT2D eigenvalue weighted by Gasteiger charge is -2.24. The lowest BCUT2D eigenvalue weighted by molar-refractivity contribution is 0.107. The molecular formula is C25H27O4P. The van der Waals surface area contributed by atoms with Crippen LogP contribution in [-0.2, 0) is 4.57 Å². The number of aryl methyl sites for hydroxylation is 4. The molecule has 0 atom stereocenters. The van der Waals surface area contributed by atoms with E-state index in [0.29, 0.717) is 22.1 Å². The Bertz CT molecular complexity index is 1090. The van der Waals surface area contributed by atoms with Gasteiger partial charge in [0.2, 0.25) is 12.7 Å². The molecule has 0 bridgehead atoms. The van der Waals surface area contributed by atoms with Crippen LogP contribution in [0, 0.1) is 27.7 Å². The van der Waals surface area contributed by atoms with E-state index < -0.39 is 12.7 Å². The van der Waals surface area contributed by atoms with Crippen molar-refractivity contribution in [2.75, 3.05) is 14.2 Å². The molecule has 0 unspecified atom stereocenters. The molecule has 0 aliphatic heterocycles. The zero-order valence-electron chi connectivity index (χ0n) is 18.3. The molecule has 0 saturated carbocycles. The van der Waals surface area contributed by atoms with E-state index >= 15 is 0 Å². The topological polar surface area (TPSA) is 52.6 Å². The SMILES string of the molecule is COc1cccc(OC)c1C(=O)P(=O)(c1cc(C)ccc1C)c1cc(C)ccc1C. The monoisotopic (exact) mass is 422 g/mol. The van der Waals surface area contributed by atoms with Gasteiger partial charge in [0.05, 0.1) is 14.2 Å². The molecule has 3 aromatic carbocycles. The molecule has 3 aromatic rings. The number of methoxy groups -OCH3 is 2. The minimum atomic E-state index is -3.75. The molecular weight excluding hydrogens is 395 g/mol. The normalized spacial score (nSPS) is 11.3. The van der Waals surface area contributed by atoms with E-state index in [2.05, 4.69) is 0 Å². The van der Waals surface area contributed by atoms with Crippen LogP contribution in [0.15, 0.2) is 54.6 Å². The minimum absolute atomic E-state index is 0.202. The zero-order valence-corrected chi connectivity index (χ0v) is 19.2. The lowest BCUT2D eigenvalue weighted by atomic mass is 10.2. The number of rotatable bonds is 6. The molecule has 0 radical (unpaired) electrons. The maximum Gasteiger partial charge on any atom is 0.237 e. The van der Waals surface area contributed by atoms with Crippen LogP contribution in [-0.4, -0.2) is 19.7 Å². The van der Waals surface area contributed by atoms with Gasteiger partial charge in [0.25, 0.3) is 0 Å². The first-order valence-electron chi connectivity index (χ1n) is 9.75. The Morgan fingerprint density at radius 3 is 1.57 bits per heavy atom. The van der Waals surface area contributed by atoms with E-state index in [9.17, 15) is 9.36 Å². The number of hydrogen-bond acceptors (Lipinski definition) is 4. The van der Waals surface area contributed by atoms with Gasteiger partial charge in [-0.2, -0.15) is 0 Å². The van der Waals surface area contributed by atoms with E-state index in [1.54, 1.807) is 18.2 Å². The van der Waals surface area contributed by atoms with Crippen molar-refractivity contribution in [1.82, 2.24) is 0 Å². The molecule has 0 aromatic heterocycles. The Morgan fingerprint density at radius 1 is 0.733 bits per heavy atom. The van der Waals surface area contributed by atoms with Crippen LogP contribution in [0.4, 0.5) is 0 Å². The minimum Gasteiger partial charge on any atom is -0.496 e. The molecule has 0 N–H and O–H groups in total. The maximum atomic E-state index is 14.9. The fraction of sp³-hybridized carbons (Fsp3) is 0.240. The number of benzene rings is 3. The fourth-order valence-corrected chi connectivity index (χ4v) is 6.83. The van der Waals surface area contributed by atoms with E-state index in [1.807, 2.05) is 64.1 Å². The van der Waals surface area contributed by atoms with Crippen LogP contribution in [0.5, 0.6) is 11.5 Å². The average Bonchev–Trinajstić information content (AvgIpc) is 2.75. The fourth-order valence-electron chi connectivity index (χ4n) is 3.69. The standard InChI is InChI=1S/C25H27O4P/c1-16-10-12-18(3)22(14-16)30(27,23-15-17(2)11-13-19(23)4)25(26)24-20(28-5)8-7-9-21(24)29-6/h7-15H,1-6H3. The van der Waals surface area contributed by atoms with Gasteiger partial charge in [0.15, 0.2) is 0 Å². The first kappa shape index (κ1) is 21.9. The van der Waals surface area contributed by atoms with Gasteiger partial charge in [0, 0.05) is 10.6 Å². The molecule has 4 nitrogen and oxygen atoms in total. The number of carbonyl (C=O) groups is 1. The van der Waals surface area contributed by atoms with Crippen molar-refractivity contribution < 1.29 is 18.8 Å². The van der Waals surface area contributed by atoms with E-state index in [-0.39, 0.29) is 5.56 Å². The molecule has 156 valence electrons. The predicted octanol–water partition coefficient (Wildman–Crippen LogP) is 5.09. The summed E-state index contributed by atoms with van der Waals surface area (Å²) in [5.74, 6) is 0.686. The van der Waals surface area contributed by atoms with Crippen molar-refractivity contribution in [3.05, 3.63) is 82.4 Å². The first-order chi connectivity index (χ1) is 14.2. The number of ether oxygens (including phenoxy) is 2. The van der Waals surface area contributed by atoms with Crippen LogP contribution in [0.3, 0.4) is 0 Å². The smallest absolute Gasteiger partial charge is 0.237 e. The second-order valence-electron chi connectivity index (χ2n) is 7.53. The summed E-state index contributed by atoms with van der Waals surface area (Å²) in [6.07, 6.45) is 0. The van der Waals surface area contributed by atoms with E-state index in [4.69, 9.17) is 9.47 Å². The third-order valence-electron chi connectivity index (χ3n) is 5.34. The third kappa shape index (κ3) is 3.68. The van der Waals surface area contributed by atoms with Crippen LogP contribution in [0.1, 0.15) is 32.6 Å². The van der Waals surface area contributed by atoms with Crippen LogP contribution in [0.25, 0.3) is 0 Å². The highest BCUT2D eigenvalue weighted by atomic mass is 31.2. The molecule has 0 spiro atoms. The van der Waals surface area contributed by atoms with Crippen molar-refractivity contribution >= 4 is 23.3 Å². The summed E-state index contributed by atoms with van der Waals surface area (Å²) in [5.41, 5.74) is 3.23. The summed E-state index contributed by atoms with van der Waals surface area (Å²) < 4.78 is 25.9. The molecule has 0 fully saturated rings. The Morgan fingerprint density at radius 2 is 1.17 bits per heavy atom. The van der Waals surface area contributed by atoms with E-state index in [1.165, 1.54) is 14.2 Å². The third-order valence-corrected chi connectivity index (χ3v) is 8.45. The van der Waals surface area contributed by atoms with Crippen LogP contribution < -0.4 is 20.1 Å². The molecule has 0 amide bonds. The summed E-state index contributed by atoms with van der Waals surface area (Å²) in [6.45, 7) is 7.65. The highest BCUT2D eigenvalue weighted by Gasteiger charge is 2.41. The summed E-state index contributed by atoms with van der Waals surface area (Å²) >= 11 is 0. The van der Waals surface area contributed by atoms with Crippen molar-refractivity contribution in [3.63, 3.8) is 0 Å². The average molecular weight is 422 g/mol. The van der Waals surface area contributed by atoms with Crippen molar-refractivity contribution in [3.8, 4) is 11.5 Å². The molecule has 0 heterocycles. The second-order valence-corrected chi connectivity index (χ2v) is 10.1.